The maximum Gasteiger partial charge on any atom is 0.354 e. The van der Waals surface area contributed by atoms with Gasteiger partial charge in [-0.3, -0.25) is 0 Å². The highest BCUT2D eigenvalue weighted by molar-refractivity contribution is 6.31. The smallest absolute Gasteiger partial charge is 0.354 e. The van der Waals surface area contributed by atoms with Gasteiger partial charge in [0.05, 0.1) is 0 Å². The molecule has 7 heteroatoms. The first-order chi connectivity index (χ1) is 6.97. The van der Waals surface area contributed by atoms with E-state index in [1.807, 2.05) is 0 Å². The molecule has 4 nitrogen and oxygen atoms in total. The Morgan fingerprint density at radius 3 is 2.67 bits per heavy atom. The average Bonchev–Trinajstić information content (AvgIpc) is 2.16. The number of aromatic nitrogens is 1. The Kier molecular flexibility index (Phi) is 3.54. The molecule has 1 rings (SSSR count). The van der Waals surface area contributed by atoms with E-state index in [0.29, 0.717) is 0 Å². The van der Waals surface area contributed by atoms with Crippen molar-refractivity contribution in [2.24, 2.45) is 5.73 Å². The van der Waals surface area contributed by atoms with Crippen molar-refractivity contribution in [3.05, 3.63) is 28.0 Å². The molecule has 15 heavy (non-hydrogen) atoms. The molecule has 0 unspecified atom stereocenters. The first-order valence-electron chi connectivity index (χ1n) is 3.88. The van der Waals surface area contributed by atoms with Gasteiger partial charge in [-0.1, -0.05) is 11.6 Å². The van der Waals surface area contributed by atoms with Gasteiger partial charge in [-0.05, 0) is 6.07 Å². The van der Waals surface area contributed by atoms with Crippen molar-refractivity contribution in [1.29, 1.82) is 0 Å². The quantitative estimate of drug-likeness (QED) is 0.839. The molecule has 1 aromatic rings. The fraction of sp³-hybridized carbons (Fsp3) is 0.250. The second-order valence-corrected chi connectivity index (χ2v) is 3.07. The predicted octanol–water partition coefficient (Wildman–Crippen LogP) is 1.83. The van der Waals surface area contributed by atoms with Gasteiger partial charge in [0.2, 0.25) is 0 Å². The van der Waals surface area contributed by atoms with Crippen LogP contribution in [0.2, 0.25) is 5.02 Å². The molecule has 3 N–H and O–H groups in total. The van der Waals surface area contributed by atoms with Crippen LogP contribution in [0, 0.1) is 0 Å². The molecule has 0 amide bonds. The summed E-state index contributed by atoms with van der Waals surface area (Å²) in [4.78, 5) is 14.0. The van der Waals surface area contributed by atoms with Gasteiger partial charge in [-0.15, -0.1) is 0 Å². The molecule has 0 saturated heterocycles. The summed E-state index contributed by atoms with van der Waals surface area (Å²) in [7, 11) is 0. The molecule has 0 saturated carbocycles. The van der Waals surface area contributed by atoms with Crippen molar-refractivity contribution in [2.45, 2.75) is 13.0 Å². The number of halogens is 3. The number of alkyl halides is 2. The van der Waals surface area contributed by atoms with Crippen molar-refractivity contribution in [1.82, 2.24) is 4.98 Å². The SMILES string of the molecule is NCc1c(Cl)cc(C(F)F)nc1C(=O)O. The van der Waals surface area contributed by atoms with E-state index in [9.17, 15) is 13.6 Å². The number of hydrogen-bond acceptors (Lipinski definition) is 3. The van der Waals surface area contributed by atoms with E-state index in [1.54, 1.807) is 0 Å². The van der Waals surface area contributed by atoms with Gasteiger partial charge in [0.1, 0.15) is 5.69 Å². The van der Waals surface area contributed by atoms with E-state index < -0.39 is 23.8 Å². The van der Waals surface area contributed by atoms with Crippen molar-refractivity contribution in [3.63, 3.8) is 0 Å². The minimum Gasteiger partial charge on any atom is -0.477 e. The summed E-state index contributed by atoms with van der Waals surface area (Å²) in [6, 6.07) is 0.918. The Morgan fingerprint density at radius 1 is 1.67 bits per heavy atom. The third kappa shape index (κ3) is 2.40. The minimum absolute atomic E-state index is 0.0496. The van der Waals surface area contributed by atoms with Crippen LogP contribution in [0.3, 0.4) is 0 Å². The van der Waals surface area contributed by atoms with E-state index in [1.165, 1.54) is 0 Å². The summed E-state index contributed by atoms with van der Waals surface area (Å²) in [5, 5.41) is 8.59. The van der Waals surface area contributed by atoms with Crippen LogP contribution in [0.4, 0.5) is 8.78 Å². The van der Waals surface area contributed by atoms with E-state index in [-0.39, 0.29) is 17.1 Å². The molecule has 82 valence electrons. The molecule has 0 aromatic carbocycles. The lowest BCUT2D eigenvalue weighted by Crippen LogP contribution is -2.12. The maximum absolute atomic E-state index is 12.3. The van der Waals surface area contributed by atoms with Crippen LogP contribution in [-0.2, 0) is 6.54 Å². The summed E-state index contributed by atoms with van der Waals surface area (Å²) in [6.45, 7) is -0.170. The molecule has 0 atom stereocenters. The number of nitrogens with zero attached hydrogens (tertiary/aromatic N) is 1. The predicted molar refractivity (Wildman–Crippen MR) is 49.1 cm³/mol. The molecule has 0 fully saturated rings. The molecule has 0 spiro atoms. The van der Waals surface area contributed by atoms with Gasteiger partial charge >= 0.3 is 5.97 Å². The molecule has 0 aliphatic carbocycles. The molecule has 0 aliphatic heterocycles. The van der Waals surface area contributed by atoms with E-state index in [4.69, 9.17) is 22.4 Å². The summed E-state index contributed by atoms with van der Waals surface area (Å²) < 4.78 is 24.6. The summed E-state index contributed by atoms with van der Waals surface area (Å²) in [5.74, 6) is -1.43. The lowest BCUT2D eigenvalue weighted by molar-refractivity contribution is 0.0687. The fourth-order valence-corrected chi connectivity index (χ4v) is 1.32. The Labute approximate surface area is 88.7 Å². The highest BCUT2D eigenvalue weighted by Gasteiger charge is 2.19. The van der Waals surface area contributed by atoms with Gasteiger partial charge in [0, 0.05) is 17.1 Å². The lowest BCUT2D eigenvalue weighted by atomic mass is 10.1. The van der Waals surface area contributed by atoms with Crippen molar-refractivity contribution in [3.8, 4) is 0 Å². The number of carboxylic acid groups (broad SMARTS) is 1. The Balaban J connectivity index is 3.38. The molecular weight excluding hydrogens is 230 g/mol. The Hall–Kier alpha value is -1.27. The Morgan fingerprint density at radius 2 is 2.27 bits per heavy atom. The van der Waals surface area contributed by atoms with E-state index >= 15 is 0 Å². The maximum atomic E-state index is 12.3. The van der Waals surface area contributed by atoms with Crippen molar-refractivity contribution < 1.29 is 18.7 Å². The number of rotatable bonds is 3. The highest BCUT2D eigenvalue weighted by atomic mass is 35.5. The number of hydrogen-bond donors (Lipinski definition) is 2. The van der Waals surface area contributed by atoms with Crippen molar-refractivity contribution in [2.75, 3.05) is 0 Å². The molecular formula is C8H7ClF2N2O2. The molecule has 0 bridgehead atoms. The van der Waals surface area contributed by atoms with Gasteiger partial charge in [-0.2, -0.15) is 0 Å². The summed E-state index contributed by atoms with van der Waals surface area (Å²) >= 11 is 5.61. The molecule has 0 radical (unpaired) electrons. The lowest BCUT2D eigenvalue weighted by Gasteiger charge is -2.07. The first-order valence-corrected chi connectivity index (χ1v) is 4.26. The highest BCUT2D eigenvalue weighted by Crippen LogP contribution is 2.25. The van der Waals surface area contributed by atoms with Gasteiger partial charge < -0.3 is 10.8 Å². The topological polar surface area (TPSA) is 76.2 Å². The van der Waals surface area contributed by atoms with Gasteiger partial charge in [-0.25, -0.2) is 18.6 Å². The second kappa shape index (κ2) is 4.50. The normalized spacial score (nSPS) is 10.7. The third-order valence-electron chi connectivity index (χ3n) is 1.72. The van der Waals surface area contributed by atoms with Crippen LogP contribution < -0.4 is 5.73 Å². The zero-order chi connectivity index (χ0) is 11.6. The summed E-state index contributed by atoms with van der Waals surface area (Å²) in [5.41, 5.74) is 4.09. The van der Waals surface area contributed by atoms with Crippen LogP contribution >= 0.6 is 11.6 Å². The standard InChI is InChI=1S/C8H7ClF2N2O2/c9-4-1-5(7(10)11)13-6(8(14)15)3(4)2-12/h1,7H,2,12H2,(H,14,15). The average molecular weight is 237 g/mol. The number of pyridine rings is 1. The molecule has 1 aromatic heterocycles. The van der Waals surface area contributed by atoms with Crippen LogP contribution in [0.15, 0.2) is 6.07 Å². The van der Waals surface area contributed by atoms with Crippen LogP contribution in [0.1, 0.15) is 28.2 Å². The molecule has 0 aliphatic rings. The van der Waals surface area contributed by atoms with Crippen molar-refractivity contribution >= 4 is 17.6 Å². The van der Waals surface area contributed by atoms with Gasteiger partial charge in [0.25, 0.3) is 6.43 Å². The van der Waals surface area contributed by atoms with E-state index in [2.05, 4.69) is 4.98 Å². The number of carboxylic acids is 1. The summed E-state index contributed by atoms with van der Waals surface area (Å²) in [6.07, 6.45) is -2.87. The molecule has 1 heterocycles. The minimum atomic E-state index is -2.87. The second-order valence-electron chi connectivity index (χ2n) is 2.67. The zero-order valence-corrected chi connectivity index (χ0v) is 8.13. The van der Waals surface area contributed by atoms with Gasteiger partial charge in [0.15, 0.2) is 5.69 Å². The van der Waals surface area contributed by atoms with Crippen LogP contribution in [0.5, 0.6) is 0 Å². The largest absolute Gasteiger partial charge is 0.477 e. The van der Waals surface area contributed by atoms with E-state index in [0.717, 1.165) is 6.07 Å². The zero-order valence-electron chi connectivity index (χ0n) is 7.38. The number of carbonyl (C=O) groups is 1. The first kappa shape index (κ1) is 11.8. The third-order valence-corrected chi connectivity index (χ3v) is 2.06. The number of aromatic carboxylic acids is 1. The van der Waals surface area contributed by atoms with Crippen LogP contribution in [-0.4, -0.2) is 16.1 Å². The fourth-order valence-electron chi connectivity index (χ4n) is 1.04. The number of nitrogens with two attached hydrogens (primary N) is 1. The monoisotopic (exact) mass is 236 g/mol. The van der Waals surface area contributed by atoms with Crippen LogP contribution in [0.25, 0.3) is 0 Å². The Bertz CT molecular complexity index is 398.